The Bertz CT molecular complexity index is 364. The van der Waals surface area contributed by atoms with Crippen molar-refractivity contribution in [3.8, 4) is 0 Å². The number of hydrogen-bond acceptors (Lipinski definition) is 5. The quantitative estimate of drug-likeness (QED) is 0.161. The van der Waals surface area contributed by atoms with E-state index in [1.807, 2.05) is 32.9 Å². The molecule has 0 unspecified atom stereocenters. The molecule has 0 fully saturated rings. The van der Waals surface area contributed by atoms with E-state index >= 15 is 0 Å². The van der Waals surface area contributed by atoms with Crippen LogP contribution in [0.1, 0.15) is 40.0 Å². The summed E-state index contributed by atoms with van der Waals surface area (Å²) in [5.41, 5.74) is -0.450. The van der Waals surface area contributed by atoms with Crippen molar-refractivity contribution in [3.05, 3.63) is 25.3 Å². The lowest BCUT2D eigenvalue weighted by atomic mass is 9.99. The van der Waals surface area contributed by atoms with E-state index < -0.39 is 14.4 Å². The summed E-state index contributed by atoms with van der Waals surface area (Å²) in [6, 6.07) is 0.615. The fourth-order valence-corrected chi connectivity index (χ4v) is 5.29. The van der Waals surface area contributed by atoms with Gasteiger partial charge in [-0.05, 0) is 40.0 Å². The van der Waals surface area contributed by atoms with Crippen molar-refractivity contribution < 1.29 is 18.1 Å². The Morgan fingerprint density at radius 3 is 2.14 bits per heavy atom. The van der Waals surface area contributed by atoms with Gasteiger partial charge in [0.25, 0.3) is 0 Å². The third-order valence-electron chi connectivity index (χ3n) is 3.10. The van der Waals surface area contributed by atoms with Crippen LogP contribution >= 0.6 is 0 Å². The Hall–Kier alpha value is -1.04. The molecule has 0 aromatic heterocycles. The van der Waals surface area contributed by atoms with Crippen molar-refractivity contribution in [3.63, 3.8) is 0 Å². The van der Waals surface area contributed by atoms with E-state index in [-0.39, 0.29) is 0 Å². The van der Waals surface area contributed by atoms with Gasteiger partial charge in [-0.15, -0.1) is 13.2 Å². The highest BCUT2D eigenvalue weighted by Crippen LogP contribution is 2.30. The average molecular weight is 327 g/mol. The first-order chi connectivity index (χ1) is 10.5. The molecular weight excluding hydrogens is 298 g/mol. The van der Waals surface area contributed by atoms with Crippen LogP contribution in [0.2, 0.25) is 6.04 Å². The van der Waals surface area contributed by atoms with Gasteiger partial charge in [0.2, 0.25) is 6.08 Å². The lowest BCUT2D eigenvalue weighted by molar-refractivity contribution is -0.0172. The maximum atomic E-state index is 10.2. The molecule has 5 nitrogen and oxygen atoms in total. The summed E-state index contributed by atoms with van der Waals surface area (Å²) in [4.78, 5) is 13.8. The van der Waals surface area contributed by atoms with Crippen LogP contribution in [-0.4, -0.2) is 40.2 Å². The molecule has 0 spiro atoms. The van der Waals surface area contributed by atoms with Crippen molar-refractivity contribution in [2.75, 3.05) is 19.8 Å². The van der Waals surface area contributed by atoms with Gasteiger partial charge in [-0.3, -0.25) is 0 Å². The molecule has 0 amide bonds. The minimum Gasteiger partial charge on any atom is -0.374 e. The standard InChI is InChI=1S/C16H29NO4Si/c1-6-11-16(5,12-7-2)21-22(19-8-3,20-9-4)14-10-13-17-15-18/h6-7H,1-2,8-14H2,3-5H3. The molecule has 0 aromatic rings. The molecule has 0 rings (SSSR count). The Morgan fingerprint density at radius 1 is 1.18 bits per heavy atom. The third-order valence-corrected chi connectivity index (χ3v) is 6.33. The minimum atomic E-state index is -2.84. The van der Waals surface area contributed by atoms with E-state index in [1.54, 1.807) is 6.08 Å². The van der Waals surface area contributed by atoms with Crippen molar-refractivity contribution in [2.45, 2.75) is 51.7 Å². The summed E-state index contributed by atoms with van der Waals surface area (Å²) in [6.45, 7) is 14.9. The van der Waals surface area contributed by atoms with Crippen LogP contribution in [0, 0.1) is 0 Å². The highest BCUT2D eigenvalue weighted by Gasteiger charge is 2.45. The van der Waals surface area contributed by atoms with Gasteiger partial charge in [-0.1, -0.05) is 12.2 Å². The van der Waals surface area contributed by atoms with Gasteiger partial charge in [-0.25, -0.2) is 9.79 Å². The summed E-state index contributed by atoms with van der Waals surface area (Å²) in [6.07, 6.45) is 7.24. The van der Waals surface area contributed by atoms with Gasteiger partial charge in [0.1, 0.15) is 0 Å². The summed E-state index contributed by atoms with van der Waals surface area (Å²) in [7, 11) is -2.84. The summed E-state index contributed by atoms with van der Waals surface area (Å²) in [5.74, 6) is 0. The zero-order valence-corrected chi connectivity index (χ0v) is 15.1. The molecule has 0 radical (unpaired) electrons. The van der Waals surface area contributed by atoms with E-state index in [4.69, 9.17) is 13.3 Å². The number of rotatable bonds is 14. The zero-order chi connectivity index (χ0) is 16.9. The van der Waals surface area contributed by atoms with Gasteiger partial charge in [0.05, 0.1) is 12.1 Å². The van der Waals surface area contributed by atoms with Gasteiger partial charge >= 0.3 is 8.80 Å². The molecule has 0 saturated carbocycles. The first-order valence-electron chi connectivity index (χ1n) is 7.75. The summed E-state index contributed by atoms with van der Waals surface area (Å²) < 4.78 is 18.2. The van der Waals surface area contributed by atoms with Crippen molar-refractivity contribution in [2.24, 2.45) is 4.99 Å². The van der Waals surface area contributed by atoms with Crippen molar-refractivity contribution in [1.82, 2.24) is 0 Å². The van der Waals surface area contributed by atoms with Crippen molar-refractivity contribution >= 4 is 14.9 Å². The Labute approximate surface area is 135 Å². The molecule has 0 aliphatic rings. The van der Waals surface area contributed by atoms with Crippen LogP contribution in [0.4, 0.5) is 0 Å². The maximum absolute atomic E-state index is 10.2. The monoisotopic (exact) mass is 327 g/mol. The smallest absolute Gasteiger partial charge is 0.374 e. The molecule has 0 aliphatic carbocycles. The largest absolute Gasteiger partial charge is 0.501 e. The Morgan fingerprint density at radius 2 is 1.73 bits per heavy atom. The third kappa shape index (κ3) is 7.82. The highest BCUT2D eigenvalue weighted by atomic mass is 28.4. The zero-order valence-electron chi connectivity index (χ0n) is 14.1. The molecule has 0 saturated heterocycles. The number of nitrogens with zero attached hydrogens (tertiary/aromatic N) is 1. The minimum absolute atomic E-state index is 0.404. The van der Waals surface area contributed by atoms with E-state index in [2.05, 4.69) is 18.2 Å². The number of carbonyl (C=O) groups excluding carboxylic acids is 1. The summed E-state index contributed by atoms with van der Waals surface area (Å²) in [5, 5.41) is 0. The van der Waals surface area contributed by atoms with Gasteiger partial charge in [0.15, 0.2) is 0 Å². The molecule has 0 aliphatic heterocycles. The molecule has 0 aromatic carbocycles. The molecule has 0 N–H and O–H groups in total. The lowest BCUT2D eigenvalue weighted by Gasteiger charge is -2.38. The number of isocyanates is 1. The van der Waals surface area contributed by atoms with Crippen LogP contribution in [0.3, 0.4) is 0 Å². The van der Waals surface area contributed by atoms with E-state index in [1.165, 1.54) is 0 Å². The molecule has 126 valence electrons. The fraction of sp³-hybridized carbons (Fsp3) is 0.688. The second kappa shape index (κ2) is 11.5. The molecule has 0 heterocycles. The first-order valence-corrected chi connectivity index (χ1v) is 9.68. The second-order valence-electron chi connectivity index (χ2n) is 5.16. The predicted octanol–water partition coefficient (Wildman–Crippen LogP) is 3.65. The van der Waals surface area contributed by atoms with E-state index in [0.29, 0.717) is 45.1 Å². The second-order valence-corrected chi connectivity index (χ2v) is 7.81. The van der Waals surface area contributed by atoms with E-state index in [0.717, 1.165) is 0 Å². The SMILES string of the molecule is C=CCC(C)(CC=C)O[Si](CCCN=C=O)(OCC)OCC. The number of hydrogen-bond donors (Lipinski definition) is 0. The van der Waals surface area contributed by atoms with Crippen LogP contribution < -0.4 is 0 Å². The first kappa shape index (κ1) is 21.0. The topological polar surface area (TPSA) is 57.1 Å². The molecule has 6 heteroatoms. The Kier molecular flexibility index (Phi) is 11.0. The van der Waals surface area contributed by atoms with Crippen LogP contribution in [0.25, 0.3) is 0 Å². The Balaban J connectivity index is 5.17. The molecule has 0 bridgehead atoms. The highest BCUT2D eigenvalue weighted by molar-refractivity contribution is 6.60. The van der Waals surface area contributed by atoms with Gasteiger partial charge in [0, 0.05) is 19.3 Å². The molecule has 22 heavy (non-hydrogen) atoms. The average Bonchev–Trinajstić information content (AvgIpc) is 2.44. The molecule has 0 atom stereocenters. The van der Waals surface area contributed by atoms with Crippen LogP contribution in [-0.2, 0) is 18.1 Å². The van der Waals surface area contributed by atoms with Crippen molar-refractivity contribution in [1.29, 1.82) is 0 Å². The predicted molar refractivity (Wildman–Crippen MR) is 90.5 cm³/mol. The van der Waals surface area contributed by atoms with E-state index in [9.17, 15) is 4.79 Å². The fourth-order valence-electron chi connectivity index (χ4n) is 2.31. The van der Waals surface area contributed by atoms with Crippen LogP contribution in [0.15, 0.2) is 30.3 Å². The van der Waals surface area contributed by atoms with Gasteiger partial charge in [-0.2, -0.15) is 0 Å². The maximum Gasteiger partial charge on any atom is 0.501 e. The molecular formula is C16H29NO4Si. The number of aliphatic imine (C=N–C) groups is 1. The normalized spacial score (nSPS) is 11.8. The van der Waals surface area contributed by atoms with Crippen LogP contribution in [0.5, 0.6) is 0 Å². The lowest BCUT2D eigenvalue weighted by Crippen LogP contribution is -2.52. The summed E-state index contributed by atoms with van der Waals surface area (Å²) >= 11 is 0. The van der Waals surface area contributed by atoms with Gasteiger partial charge < -0.3 is 13.3 Å².